The highest BCUT2D eigenvalue weighted by molar-refractivity contribution is 6.10. The van der Waals surface area contributed by atoms with Gasteiger partial charge in [0, 0.05) is 17.0 Å². The second kappa shape index (κ2) is 12.3. The molecule has 1 atom stereocenters. The Balaban J connectivity index is 1.53. The number of nitro groups is 1. The van der Waals surface area contributed by atoms with Crippen molar-refractivity contribution in [3.8, 4) is 0 Å². The number of nitrogens with zero attached hydrogens (tertiary/aromatic N) is 1. The third-order valence-corrected chi connectivity index (χ3v) is 5.77. The summed E-state index contributed by atoms with van der Waals surface area (Å²) in [6, 6.07) is 25.6. The fourth-order valence-electron chi connectivity index (χ4n) is 3.87. The Morgan fingerprint density at radius 2 is 1.32 bits per heavy atom. The number of amides is 1. The summed E-state index contributed by atoms with van der Waals surface area (Å²) in [5, 5.41) is 14.6. The highest BCUT2D eigenvalue weighted by Gasteiger charge is 2.28. The zero-order valence-corrected chi connectivity index (χ0v) is 20.2. The van der Waals surface area contributed by atoms with Gasteiger partial charge < -0.3 is 14.8 Å². The maximum atomic E-state index is 13.2. The van der Waals surface area contributed by atoms with Crippen LogP contribution in [0, 0.1) is 10.1 Å². The molecule has 1 N–H and O–H groups in total. The molecule has 4 aromatic rings. The highest BCUT2D eigenvalue weighted by Crippen LogP contribution is 2.28. The predicted molar refractivity (Wildman–Crippen MR) is 139 cm³/mol. The van der Waals surface area contributed by atoms with E-state index in [1.165, 1.54) is 30.3 Å². The van der Waals surface area contributed by atoms with Gasteiger partial charge in [-0.2, -0.15) is 0 Å². The Morgan fingerprint density at radius 3 is 1.95 bits per heavy atom. The van der Waals surface area contributed by atoms with E-state index in [1.54, 1.807) is 42.5 Å². The van der Waals surface area contributed by atoms with Crippen LogP contribution in [0.4, 0.5) is 5.69 Å². The van der Waals surface area contributed by atoms with Crippen LogP contribution in [0.2, 0.25) is 0 Å². The number of hydrogen-bond acceptors (Lipinski definition) is 7. The van der Waals surface area contributed by atoms with E-state index in [1.807, 2.05) is 24.3 Å². The van der Waals surface area contributed by atoms with Crippen molar-refractivity contribution in [3.05, 3.63) is 124 Å². The molecule has 0 bridgehead atoms. The first-order valence-electron chi connectivity index (χ1n) is 11.8. The average Bonchev–Trinajstić information content (AvgIpc) is 2.94. The molecule has 0 saturated heterocycles. The number of esters is 2. The summed E-state index contributed by atoms with van der Waals surface area (Å²) in [7, 11) is 0. The minimum atomic E-state index is -1.34. The fourth-order valence-corrected chi connectivity index (χ4v) is 3.87. The molecule has 0 fully saturated rings. The maximum absolute atomic E-state index is 13.2. The highest BCUT2D eigenvalue weighted by atomic mass is 16.6. The lowest BCUT2D eigenvalue weighted by Gasteiger charge is -2.18. The molecule has 0 heterocycles. The number of fused-ring (bicyclic) bond motifs is 1. The third-order valence-electron chi connectivity index (χ3n) is 5.77. The molecule has 192 valence electrons. The van der Waals surface area contributed by atoms with Crippen molar-refractivity contribution in [2.45, 2.75) is 25.7 Å². The normalized spacial score (nSPS) is 11.4. The van der Waals surface area contributed by atoms with Gasteiger partial charge in [0.05, 0.1) is 16.7 Å². The first-order chi connectivity index (χ1) is 18.4. The molecular formula is C29H24N2O7. The zero-order valence-electron chi connectivity index (χ0n) is 20.2. The van der Waals surface area contributed by atoms with Crippen molar-refractivity contribution in [1.82, 2.24) is 5.32 Å². The molecule has 9 nitrogen and oxygen atoms in total. The lowest BCUT2D eigenvalue weighted by atomic mass is 10.0. The number of carbonyl (C=O) groups is 3. The monoisotopic (exact) mass is 512 g/mol. The van der Waals surface area contributed by atoms with E-state index in [-0.39, 0.29) is 29.9 Å². The Kier molecular flexibility index (Phi) is 8.40. The predicted octanol–water partition coefficient (Wildman–Crippen LogP) is 4.72. The lowest BCUT2D eigenvalue weighted by Crippen LogP contribution is -2.43. The molecule has 0 aliphatic carbocycles. The van der Waals surface area contributed by atoms with Crippen molar-refractivity contribution < 1.29 is 28.8 Å². The molecule has 4 rings (SSSR count). The molecule has 0 aromatic heterocycles. The summed E-state index contributed by atoms with van der Waals surface area (Å²) in [4.78, 5) is 49.7. The molecule has 38 heavy (non-hydrogen) atoms. The molecule has 0 radical (unpaired) electrons. The fraction of sp³-hybridized carbons (Fsp3) is 0.138. The molecule has 9 heteroatoms. The van der Waals surface area contributed by atoms with Crippen molar-refractivity contribution in [2.75, 3.05) is 0 Å². The van der Waals surface area contributed by atoms with Crippen LogP contribution in [0.25, 0.3) is 10.8 Å². The summed E-state index contributed by atoms with van der Waals surface area (Å²) >= 11 is 0. The summed E-state index contributed by atoms with van der Waals surface area (Å²) in [5.74, 6) is -2.21. The zero-order chi connectivity index (χ0) is 26.9. The van der Waals surface area contributed by atoms with Crippen LogP contribution in [0.1, 0.15) is 27.9 Å². The van der Waals surface area contributed by atoms with E-state index in [4.69, 9.17) is 9.47 Å². The van der Waals surface area contributed by atoms with Crippen molar-refractivity contribution in [3.63, 3.8) is 0 Å². The third kappa shape index (κ3) is 6.58. The standard InChI is InChI=1S/C29H24N2O7/c32-27(37-18-20-9-3-1-4-10-20)17-25(29(34)38-19-21-11-5-2-6-12-21)30-28(33)24-15-7-14-23-22(24)13-8-16-26(23)31(35)36/h1-16,25H,17-19H2,(H,30,33). The van der Waals surface area contributed by atoms with Gasteiger partial charge in [-0.15, -0.1) is 0 Å². The van der Waals surface area contributed by atoms with Gasteiger partial charge in [-0.05, 0) is 23.3 Å². The lowest BCUT2D eigenvalue weighted by molar-refractivity contribution is -0.383. The van der Waals surface area contributed by atoms with Crippen LogP contribution in [0.5, 0.6) is 0 Å². The van der Waals surface area contributed by atoms with Crippen molar-refractivity contribution in [2.24, 2.45) is 0 Å². The molecule has 1 unspecified atom stereocenters. The Hall–Kier alpha value is -5.05. The first-order valence-corrected chi connectivity index (χ1v) is 11.8. The summed E-state index contributed by atoms with van der Waals surface area (Å²) in [6.07, 6.45) is -0.461. The summed E-state index contributed by atoms with van der Waals surface area (Å²) in [5.41, 5.74) is 1.47. The molecular weight excluding hydrogens is 488 g/mol. The minimum Gasteiger partial charge on any atom is -0.461 e. The maximum Gasteiger partial charge on any atom is 0.329 e. The van der Waals surface area contributed by atoms with Gasteiger partial charge in [0.25, 0.3) is 11.6 Å². The van der Waals surface area contributed by atoms with Crippen molar-refractivity contribution >= 4 is 34.3 Å². The number of benzene rings is 4. The van der Waals surface area contributed by atoms with Crippen LogP contribution in [-0.2, 0) is 32.3 Å². The second-order valence-electron chi connectivity index (χ2n) is 8.40. The van der Waals surface area contributed by atoms with Gasteiger partial charge in [-0.3, -0.25) is 19.7 Å². The molecule has 1 amide bonds. The Morgan fingerprint density at radius 1 is 0.737 bits per heavy atom. The van der Waals surface area contributed by atoms with Crippen molar-refractivity contribution in [1.29, 1.82) is 0 Å². The Labute approximate surface area is 218 Å². The average molecular weight is 513 g/mol. The largest absolute Gasteiger partial charge is 0.461 e. The van der Waals surface area contributed by atoms with Crippen LogP contribution in [0.15, 0.2) is 97.1 Å². The summed E-state index contributed by atoms with van der Waals surface area (Å²) in [6.45, 7) is -0.0437. The first kappa shape index (κ1) is 26.0. The van der Waals surface area contributed by atoms with Gasteiger partial charge in [-0.25, -0.2) is 4.79 Å². The topological polar surface area (TPSA) is 125 Å². The molecule has 4 aromatic carbocycles. The van der Waals surface area contributed by atoms with Crippen LogP contribution >= 0.6 is 0 Å². The quantitative estimate of drug-likeness (QED) is 0.185. The van der Waals surface area contributed by atoms with Gasteiger partial charge in [-0.1, -0.05) is 78.9 Å². The van der Waals surface area contributed by atoms with Crippen LogP contribution in [0.3, 0.4) is 0 Å². The minimum absolute atomic E-state index is 0.00634. The van der Waals surface area contributed by atoms with E-state index < -0.39 is 35.2 Å². The second-order valence-corrected chi connectivity index (χ2v) is 8.40. The van der Waals surface area contributed by atoms with Gasteiger partial charge in [0.15, 0.2) is 0 Å². The molecule has 0 spiro atoms. The molecule has 0 saturated carbocycles. The number of rotatable bonds is 10. The Bertz CT molecular complexity index is 1460. The van der Waals surface area contributed by atoms with E-state index in [0.29, 0.717) is 5.39 Å². The molecule has 0 aliphatic rings. The van der Waals surface area contributed by atoms with Gasteiger partial charge in [0.2, 0.25) is 0 Å². The van der Waals surface area contributed by atoms with Gasteiger partial charge in [0.1, 0.15) is 19.3 Å². The number of carbonyl (C=O) groups excluding carboxylic acids is 3. The van der Waals surface area contributed by atoms with E-state index in [9.17, 15) is 24.5 Å². The van der Waals surface area contributed by atoms with Crippen LogP contribution in [-0.4, -0.2) is 28.8 Å². The van der Waals surface area contributed by atoms with E-state index in [2.05, 4.69) is 5.32 Å². The smallest absolute Gasteiger partial charge is 0.329 e. The number of hydrogen-bond donors (Lipinski definition) is 1. The SMILES string of the molecule is O=C(CC(NC(=O)c1cccc2c([N+](=O)[O-])cccc12)C(=O)OCc1ccccc1)OCc1ccccc1. The number of non-ortho nitro benzene ring substituents is 1. The summed E-state index contributed by atoms with van der Waals surface area (Å²) < 4.78 is 10.7. The van der Waals surface area contributed by atoms with Crippen LogP contribution < -0.4 is 5.32 Å². The molecule has 0 aliphatic heterocycles. The van der Waals surface area contributed by atoms with Gasteiger partial charge >= 0.3 is 11.9 Å². The number of ether oxygens (including phenoxy) is 2. The number of nitrogens with one attached hydrogen (secondary N) is 1. The van der Waals surface area contributed by atoms with E-state index >= 15 is 0 Å². The van der Waals surface area contributed by atoms with E-state index in [0.717, 1.165) is 11.1 Å². The number of nitro benzene ring substituents is 1.